The van der Waals surface area contributed by atoms with Crippen LogP contribution in [0, 0.1) is 0 Å². The zero-order valence-electron chi connectivity index (χ0n) is 25.1. The first-order valence-electron chi connectivity index (χ1n) is 13.9. The first-order chi connectivity index (χ1) is 20.2. The van der Waals surface area contributed by atoms with Gasteiger partial charge in [-0.25, -0.2) is 8.42 Å². The van der Waals surface area contributed by atoms with E-state index >= 15 is 0 Å². The molecule has 3 aromatic rings. The van der Waals surface area contributed by atoms with Crippen molar-refractivity contribution in [2.24, 2.45) is 0 Å². The molecule has 0 radical (unpaired) electrons. The number of rotatable bonds is 13. The Labute approximate surface area is 265 Å². The number of methoxy groups -OCH3 is 1. The summed E-state index contributed by atoms with van der Waals surface area (Å²) in [5.41, 5.74) is 1.28. The van der Waals surface area contributed by atoms with Gasteiger partial charge in [0.25, 0.3) is 0 Å². The van der Waals surface area contributed by atoms with Gasteiger partial charge < -0.3 is 15.0 Å². The molecule has 0 bridgehead atoms. The minimum absolute atomic E-state index is 0.00191. The van der Waals surface area contributed by atoms with Gasteiger partial charge in [0.15, 0.2) is 0 Å². The molecule has 0 aliphatic carbocycles. The van der Waals surface area contributed by atoms with Gasteiger partial charge in [0.05, 0.1) is 19.1 Å². The van der Waals surface area contributed by atoms with Crippen LogP contribution in [-0.2, 0) is 32.6 Å². The summed E-state index contributed by atoms with van der Waals surface area (Å²) >= 11 is 13.0. The van der Waals surface area contributed by atoms with Crippen LogP contribution >= 0.6 is 23.2 Å². The Bertz CT molecular complexity index is 1490. The van der Waals surface area contributed by atoms with Crippen molar-refractivity contribution >= 4 is 50.7 Å². The van der Waals surface area contributed by atoms with E-state index in [1.807, 2.05) is 51.1 Å². The van der Waals surface area contributed by atoms with E-state index in [9.17, 15) is 18.0 Å². The molecule has 3 aromatic carbocycles. The standard InChI is InChI=1S/C32H39Cl2N3O5S/c1-32(2,3)35-31(39)29(20-23-12-7-6-8-13-23)36(22-26-27(33)16-10-17-28(26)34)30(38)18-11-19-37(43(5,40)41)24-14-9-15-25(21-24)42-4/h6-10,12-17,21,29H,11,18-20,22H2,1-5H3,(H,35,39)/t29-/m1/s1. The first-order valence-corrected chi connectivity index (χ1v) is 16.5. The molecule has 11 heteroatoms. The highest BCUT2D eigenvalue weighted by Gasteiger charge is 2.33. The lowest BCUT2D eigenvalue weighted by Gasteiger charge is -2.34. The maximum Gasteiger partial charge on any atom is 0.243 e. The summed E-state index contributed by atoms with van der Waals surface area (Å²) in [4.78, 5) is 29.3. The molecule has 0 fully saturated rings. The van der Waals surface area contributed by atoms with Gasteiger partial charge in [0.2, 0.25) is 21.8 Å². The number of nitrogens with zero attached hydrogens (tertiary/aromatic N) is 2. The van der Waals surface area contributed by atoms with Gasteiger partial charge in [-0.15, -0.1) is 0 Å². The third-order valence-corrected chi connectivity index (χ3v) is 8.56. The van der Waals surface area contributed by atoms with Crippen LogP contribution in [0.15, 0.2) is 72.8 Å². The summed E-state index contributed by atoms with van der Waals surface area (Å²) in [7, 11) is -2.15. The molecule has 0 aromatic heterocycles. The third kappa shape index (κ3) is 10.2. The minimum atomic E-state index is -3.66. The van der Waals surface area contributed by atoms with Gasteiger partial charge in [0, 0.05) is 53.1 Å². The lowest BCUT2D eigenvalue weighted by atomic mass is 10.00. The van der Waals surface area contributed by atoms with Gasteiger partial charge in [-0.05, 0) is 57.0 Å². The molecule has 0 spiro atoms. The summed E-state index contributed by atoms with van der Waals surface area (Å²) < 4.78 is 31.9. The number of carbonyl (C=O) groups is 2. The normalized spacial score (nSPS) is 12.3. The van der Waals surface area contributed by atoms with Crippen molar-refractivity contribution in [1.29, 1.82) is 0 Å². The van der Waals surface area contributed by atoms with Gasteiger partial charge in [-0.2, -0.15) is 0 Å². The lowest BCUT2D eigenvalue weighted by molar-refractivity contribution is -0.142. The summed E-state index contributed by atoms with van der Waals surface area (Å²) in [6, 6.07) is 20.4. The minimum Gasteiger partial charge on any atom is -0.497 e. The lowest BCUT2D eigenvalue weighted by Crippen LogP contribution is -2.54. The monoisotopic (exact) mass is 647 g/mol. The van der Waals surface area contributed by atoms with Gasteiger partial charge in [-0.1, -0.05) is 65.7 Å². The SMILES string of the molecule is COc1cccc(N(CCCC(=O)N(Cc2c(Cl)cccc2Cl)[C@H](Cc2ccccc2)C(=O)NC(C)(C)C)S(C)(=O)=O)c1. The molecule has 1 atom stereocenters. The third-order valence-electron chi connectivity index (χ3n) is 6.65. The highest BCUT2D eigenvalue weighted by Crippen LogP contribution is 2.28. The molecule has 0 heterocycles. The number of benzene rings is 3. The van der Waals surface area contributed by atoms with E-state index < -0.39 is 21.6 Å². The van der Waals surface area contributed by atoms with E-state index in [0.717, 1.165) is 11.8 Å². The number of anilines is 1. The number of hydrogen-bond donors (Lipinski definition) is 1. The Morgan fingerprint density at radius 3 is 2.16 bits per heavy atom. The fraction of sp³-hybridized carbons (Fsp3) is 0.375. The molecular weight excluding hydrogens is 609 g/mol. The molecule has 2 amide bonds. The molecule has 0 aliphatic heterocycles. The van der Waals surface area contributed by atoms with Crippen LogP contribution in [0.4, 0.5) is 5.69 Å². The second-order valence-electron chi connectivity index (χ2n) is 11.3. The molecule has 1 N–H and O–H groups in total. The van der Waals surface area contributed by atoms with Crippen LogP contribution in [0.25, 0.3) is 0 Å². The van der Waals surface area contributed by atoms with E-state index in [1.165, 1.54) is 16.3 Å². The molecule has 3 rings (SSSR count). The maximum absolute atomic E-state index is 14.0. The number of ether oxygens (including phenoxy) is 1. The molecule has 0 saturated carbocycles. The van der Waals surface area contributed by atoms with Gasteiger partial charge in [-0.3, -0.25) is 13.9 Å². The number of nitrogens with one attached hydrogen (secondary N) is 1. The number of amides is 2. The fourth-order valence-electron chi connectivity index (χ4n) is 4.63. The van der Waals surface area contributed by atoms with Crippen molar-refractivity contribution in [3.05, 3.63) is 94.0 Å². The van der Waals surface area contributed by atoms with E-state index in [0.29, 0.717) is 27.0 Å². The number of carbonyl (C=O) groups excluding carboxylic acids is 2. The highest BCUT2D eigenvalue weighted by molar-refractivity contribution is 7.92. The number of hydrogen-bond acceptors (Lipinski definition) is 5. The van der Waals surface area contributed by atoms with E-state index in [4.69, 9.17) is 27.9 Å². The van der Waals surface area contributed by atoms with Gasteiger partial charge in [0.1, 0.15) is 11.8 Å². The van der Waals surface area contributed by atoms with Crippen LogP contribution in [0.5, 0.6) is 5.75 Å². The van der Waals surface area contributed by atoms with Crippen LogP contribution in [0.3, 0.4) is 0 Å². The Morgan fingerprint density at radius 2 is 1.58 bits per heavy atom. The Morgan fingerprint density at radius 1 is 0.953 bits per heavy atom. The smallest absolute Gasteiger partial charge is 0.243 e. The molecule has 0 aliphatic rings. The maximum atomic E-state index is 14.0. The predicted molar refractivity (Wildman–Crippen MR) is 173 cm³/mol. The summed E-state index contributed by atoms with van der Waals surface area (Å²) in [5.74, 6) is -0.138. The summed E-state index contributed by atoms with van der Waals surface area (Å²) in [6.07, 6.45) is 1.56. The van der Waals surface area contributed by atoms with E-state index in [-0.39, 0.29) is 44.2 Å². The molecule has 0 unspecified atom stereocenters. The van der Waals surface area contributed by atoms with Crippen molar-refractivity contribution in [1.82, 2.24) is 10.2 Å². The van der Waals surface area contributed by atoms with Crippen LogP contribution in [-0.4, -0.2) is 56.6 Å². The zero-order chi connectivity index (χ0) is 31.8. The Balaban J connectivity index is 1.95. The molecule has 0 saturated heterocycles. The molecular formula is C32H39Cl2N3O5S. The van der Waals surface area contributed by atoms with Crippen molar-refractivity contribution < 1.29 is 22.7 Å². The van der Waals surface area contributed by atoms with Crippen molar-refractivity contribution in [2.45, 2.75) is 58.2 Å². The van der Waals surface area contributed by atoms with Crippen LogP contribution in [0.2, 0.25) is 10.0 Å². The second-order valence-corrected chi connectivity index (χ2v) is 14.0. The van der Waals surface area contributed by atoms with Gasteiger partial charge >= 0.3 is 0 Å². The topological polar surface area (TPSA) is 96.0 Å². The summed E-state index contributed by atoms with van der Waals surface area (Å²) in [6.45, 7) is 5.67. The largest absolute Gasteiger partial charge is 0.497 e. The summed E-state index contributed by atoms with van der Waals surface area (Å²) in [5, 5.41) is 3.77. The Hall–Kier alpha value is -3.27. The quantitative estimate of drug-likeness (QED) is 0.242. The van der Waals surface area contributed by atoms with Crippen molar-refractivity contribution in [3.63, 3.8) is 0 Å². The Kier molecular flexibility index (Phi) is 11.9. The second kappa shape index (κ2) is 14.9. The number of sulfonamides is 1. The predicted octanol–water partition coefficient (Wildman–Crippen LogP) is 6.10. The highest BCUT2D eigenvalue weighted by atomic mass is 35.5. The van der Waals surface area contributed by atoms with Crippen LogP contribution in [0.1, 0.15) is 44.7 Å². The number of halogens is 2. The average molecular weight is 649 g/mol. The fourth-order valence-corrected chi connectivity index (χ4v) is 6.10. The molecule has 43 heavy (non-hydrogen) atoms. The van der Waals surface area contributed by atoms with Crippen molar-refractivity contribution in [2.75, 3.05) is 24.2 Å². The zero-order valence-corrected chi connectivity index (χ0v) is 27.5. The van der Waals surface area contributed by atoms with Crippen molar-refractivity contribution in [3.8, 4) is 5.75 Å². The van der Waals surface area contributed by atoms with Crippen LogP contribution < -0.4 is 14.4 Å². The van der Waals surface area contributed by atoms with E-state index in [1.54, 1.807) is 42.5 Å². The first kappa shape index (κ1) is 34.2. The van der Waals surface area contributed by atoms with E-state index in [2.05, 4.69) is 5.32 Å². The molecule has 232 valence electrons. The molecule has 8 nitrogen and oxygen atoms in total. The average Bonchev–Trinajstić information content (AvgIpc) is 2.93.